The summed E-state index contributed by atoms with van der Waals surface area (Å²) in [7, 11) is 0. The van der Waals surface area contributed by atoms with E-state index in [1.165, 1.54) is 11.8 Å². The quantitative estimate of drug-likeness (QED) is 0.834. The molecule has 2 N–H and O–H groups in total. The Kier molecular flexibility index (Phi) is 5.43. The van der Waals surface area contributed by atoms with Gasteiger partial charge in [-0.3, -0.25) is 4.79 Å². The minimum Gasteiger partial charge on any atom is -0.391 e. The largest absolute Gasteiger partial charge is 0.391 e. The Morgan fingerprint density at radius 2 is 2.16 bits per heavy atom. The molecule has 1 heterocycles. The Balaban J connectivity index is 2.40. The molecule has 6 heteroatoms. The van der Waals surface area contributed by atoms with E-state index < -0.39 is 11.6 Å². The Morgan fingerprint density at radius 1 is 1.53 bits per heavy atom. The van der Waals surface area contributed by atoms with Crippen molar-refractivity contribution in [2.24, 2.45) is 0 Å². The smallest absolute Gasteiger partial charge is 0.230 e. The number of hydrogen-bond donors (Lipinski definition) is 2. The van der Waals surface area contributed by atoms with Crippen molar-refractivity contribution < 1.29 is 14.4 Å². The number of aliphatic hydroxyl groups excluding tert-OH is 1. The lowest BCUT2D eigenvalue weighted by molar-refractivity contribution is -0.121. The van der Waals surface area contributed by atoms with Crippen LogP contribution >= 0.6 is 11.8 Å². The average Bonchev–Trinajstić information content (AvgIpc) is 2.59. The van der Waals surface area contributed by atoms with E-state index in [9.17, 15) is 9.90 Å². The lowest BCUT2D eigenvalue weighted by Crippen LogP contribution is -2.51. The number of aryl methyl sites for hydroxylation is 2. The van der Waals surface area contributed by atoms with Crippen LogP contribution in [0.3, 0.4) is 0 Å². The van der Waals surface area contributed by atoms with E-state index in [1.54, 1.807) is 20.8 Å². The highest BCUT2D eigenvalue weighted by atomic mass is 32.2. The third-order valence-corrected chi connectivity index (χ3v) is 4.13. The van der Waals surface area contributed by atoms with Crippen LogP contribution in [0, 0.1) is 13.8 Å². The van der Waals surface area contributed by atoms with Crippen molar-refractivity contribution >= 4 is 17.7 Å². The molecule has 0 saturated carbocycles. The van der Waals surface area contributed by atoms with Crippen molar-refractivity contribution in [2.75, 3.05) is 5.75 Å². The fraction of sp³-hybridized carbons (Fsp3) is 0.692. The summed E-state index contributed by atoms with van der Waals surface area (Å²) in [4.78, 5) is 11.8. The first-order valence-corrected chi connectivity index (χ1v) is 7.38. The number of carbonyl (C=O) groups excluding carboxylic acids is 1. The molecule has 5 nitrogen and oxygen atoms in total. The van der Waals surface area contributed by atoms with Gasteiger partial charge in [-0.15, -0.1) is 11.8 Å². The maximum absolute atomic E-state index is 11.8. The average molecular weight is 286 g/mol. The molecule has 1 aromatic rings. The lowest BCUT2D eigenvalue weighted by Gasteiger charge is -2.29. The van der Waals surface area contributed by atoms with Crippen LogP contribution in [0.25, 0.3) is 0 Å². The van der Waals surface area contributed by atoms with E-state index in [1.807, 2.05) is 13.8 Å². The van der Waals surface area contributed by atoms with Gasteiger partial charge < -0.3 is 14.9 Å². The highest BCUT2D eigenvalue weighted by molar-refractivity contribution is 7.99. The lowest BCUT2D eigenvalue weighted by atomic mass is 9.99. The molecule has 0 aromatic carbocycles. The number of carbonyl (C=O) groups is 1. The number of aromatic nitrogens is 1. The summed E-state index contributed by atoms with van der Waals surface area (Å²) in [5.74, 6) is 1.77. The summed E-state index contributed by atoms with van der Waals surface area (Å²) in [6, 6.07) is 0. The first kappa shape index (κ1) is 16.0. The third kappa shape index (κ3) is 4.54. The number of hydrogen-bond acceptors (Lipinski definition) is 5. The third-order valence-electron chi connectivity index (χ3n) is 3.17. The number of amides is 1. The van der Waals surface area contributed by atoms with Crippen molar-refractivity contribution in [3.8, 4) is 0 Å². The van der Waals surface area contributed by atoms with Crippen molar-refractivity contribution in [1.29, 1.82) is 0 Å². The number of thioether (sulfide) groups is 1. The van der Waals surface area contributed by atoms with Gasteiger partial charge in [0.15, 0.2) is 0 Å². The molecule has 19 heavy (non-hydrogen) atoms. The molecule has 1 amide bonds. The Hall–Kier alpha value is -1.01. The maximum atomic E-state index is 11.8. The fourth-order valence-corrected chi connectivity index (χ4v) is 2.43. The summed E-state index contributed by atoms with van der Waals surface area (Å²) in [6.45, 7) is 9.02. The van der Waals surface area contributed by atoms with Crippen LogP contribution in [0.4, 0.5) is 0 Å². The minimum atomic E-state index is -0.610. The van der Waals surface area contributed by atoms with Gasteiger partial charge in [0.2, 0.25) is 5.91 Å². The van der Waals surface area contributed by atoms with E-state index in [2.05, 4.69) is 10.5 Å². The predicted octanol–water partition coefficient (Wildman–Crippen LogP) is 1.80. The van der Waals surface area contributed by atoms with Crippen LogP contribution in [-0.2, 0) is 10.5 Å². The van der Waals surface area contributed by atoms with Crippen LogP contribution in [0.1, 0.15) is 37.8 Å². The molecular weight excluding hydrogens is 264 g/mol. The summed E-state index contributed by atoms with van der Waals surface area (Å²) in [5.41, 5.74) is 1.31. The molecule has 0 spiro atoms. The highest BCUT2D eigenvalue weighted by Gasteiger charge is 2.25. The Labute approximate surface area is 118 Å². The number of rotatable bonds is 6. The van der Waals surface area contributed by atoms with Gasteiger partial charge in [0.25, 0.3) is 0 Å². The molecule has 1 unspecified atom stereocenters. The number of nitrogens with one attached hydrogen (secondary N) is 1. The number of aliphatic hydroxyl groups is 1. The van der Waals surface area contributed by atoms with E-state index in [-0.39, 0.29) is 5.91 Å². The molecule has 0 fully saturated rings. The Morgan fingerprint density at radius 3 is 2.63 bits per heavy atom. The van der Waals surface area contributed by atoms with Gasteiger partial charge in [-0.25, -0.2) is 0 Å². The van der Waals surface area contributed by atoms with Crippen LogP contribution < -0.4 is 5.32 Å². The van der Waals surface area contributed by atoms with Crippen LogP contribution in [0.15, 0.2) is 4.52 Å². The van der Waals surface area contributed by atoms with Crippen LogP contribution in [0.2, 0.25) is 0 Å². The van der Waals surface area contributed by atoms with Crippen molar-refractivity contribution in [1.82, 2.24) is 10.5 Å². The summed E-state index contributed by atoms with van der Waals surface area (Å²) >= 11 is 1.51. The number of nitrogens with zero attached hydrogens (tertiary/aromatic N) is 1. The second kappa shape index (κ2) is 6.43. The second-order valence-corrected chi connectivity index (χ2v) is 6.23. The molecule has 0 aliphatic rings. The molecule has 0 bridgehead atoms. The summed E-state index contributed by atoms with van der Waals surface area (Å²) < 4.78 is 5.07. The van der Waals surface area contributed by atoms with Crippen LogP contribution in [-0.4, -0.2) is 33.6 Å². The molecule has 1 aromatic heterocycles. The van der Waals surface area contributed by atoms with Gasteiger partial charge in [-0.05, 0) is 34.6 Å². The zero-order valence-corrected chi connectivity index (χ0v) is 12.9. The van der Waals surface area contributed by atoms with Crippen molar-refractivity contribution in [2.45, 2.75) is 52.0 Å². The van der Waals surface area contributed by atoms with Crippen molar-refractivity contribution in [3.05, 3.63) is 17.0 Å². The van der Waals surface area contributed by atoms with E-state index in [4.69, 9.17) is 4.52 Å². The minimum absolute atomic E-state index is 0.0809. The van der Waals surface area contributed by atoms with Gasteiger partial charge >= 0.3 is 0 Å². The van der Waals surface area contributed by atoms with Gasteiger partial charge in [0.05, 0.1) is 23.1 Å². The molecule has 0 radical (unpaired) electrons. The van der Waals surface area contributed by atoms with Gasteiger partial charge in [0.1, 0.15) is 5.76 Å². The van der Waals surface area contributed by atoms with Crippen LogP contribution in [0.5, 0.6) is 0 Å². The SMILES string of the molecule is Cc1noc(C)c1CSCC(=O)NC(C)(C)C(C)O. The molecule has 0 aliphatic carbocycles. The standard InChI is InChI=1S/C13H22N2O3S/c1-8-11(9(2)18-15-8)6-19-7-12(17)14-13(4,5)10(3)16/h10,16H,6-7H2,1-5H3,(H,14,17). The zero-order valence-electron chi connectivity index (χ0n) is 12.1. The molecular formula is C13H22N2O3S. The topological polar surface area (TPSA) is 75.4 Å². The molecule has 0 aliphatic heterocycles. The summed E-state index contributed by atoms with van der Waals surface area (Å²) in [6.07, 6.45) is -0.594. The normalized spacial score (nSPS) is 13.4. The van der Waals surface area contributed by atoms with Gasteiger partial charge in [-0.2, -0.15) is 0 Å². The first-order valence-electron chi connectivity index (χ1n) is 6.22. The molecule has 0 saturated heterocycles. The molecule has 108 valence electrons. The monoisotopic (exact) mass is 286 g/mol. The Bertz CT molecular complexity index is 422. The maximum Gasteiger partial charge on any atom is 0.230 e. The van der Waals surface area contributed by atoms with Gasteiger partial charge in [-0.1, -0.05) is 5.16 Å². The predicted molar refractivity (Wildman–Crippen MR) is 76.0 cm³/mol. The first-order chi connectivity index (χ1) is 8.74. The molecule has 1 atom stereocenters. The zero-order chi connectivity index (χ0) is 14.6. The highest BCUT2D eigenvalue weighted by Crippen LogP contribution is 2.19. The summed E-state index contributed by atoms with van der Waals surface area (Å²) in [5, 5.41) is 16.2. The van der Waals surface area contributed by atoms with E-state index >= 15 is 0 Å². The van der Waals surface area contributed by atoms with E-state index in [0.29, 0.717) is 11.5 Å². The molecule has 1 rings (SSSR count). The second-order valence-electron chi connectivity index (χ2n) is 5.24. The van der Waals surface area contributed by atoms with Crippen molar-refractivity contribution in [3.63, 3.8) is 0 Å². The van der Waals surface area contributed by atoms with E-state index in [0.717, 1.165) is 17.0 Å². The van der Waals surface area contributed by atoms with Gasteiger partial charge in [0, 0.05) is 11.3 Å². The fourth-order valence-electron chi connectivity index (χ4n) is 1.45.